The van der Waals surface area contributed by atoms with Crippen LogP contribution < -0.4 is 15.2 Å². The summed E-state index contributed by atoms with van der Waals surface area (Å²) < 4.78 is 85.7. The Morgan fingerprint density at radius 2 is 1.85 bits per heavy atom. The van der Waals surface area contributed by atoms with Crippen molar-refractivity contribution in [2.75, 3.05) is 19.3 Å². The maximum absolute atomic E-state index is 15.1. The predicted octanol–water partition coefficient (Wildman–Crippen LogP) is 2.51. The van der Waals surface area contributed by atoms with Crippen LogP contribution in [0.25, 0.3) is 11.1 Å². The Hall–Kier alpha value is -4.21. The molecule has 220 valence electrons. The summed E-state index contributed by atoms with van der Waals surface area (Å²) in [5, 5.41) is 3.98. The number of rotatable bonds is 9. The minimum absolute atomic E-state index is 0.0746. The first-order valence-electron chi connectivity index (χ1n) is 12.1. The summed E-state index contributed by atoms with van der Waals surface area (Å²) in [7, 11) is -3.34. The monoisotopic (exact) mass is 599 g/mol. The van der Waals surface area contributed by atoms with Gasteiger partial charge in [0.1, 0.15) is 23.3 Å². The lowest BCUT2D eigenvalue weighted by atomic mass is 10.0. The number of amides is 2. The van der Waals surface area contributed by atoms with E-state index in [0.717, 1.165) is 18.4 Å². The molecule has 1 fully saturated rings. The number of aromatic nitrogens is 3. The van der Waals surface area contributed by atoms with Crippen LogP contribution in [0.1, 0.15) is 22.3 Å². The molecule has 41 heavy (non-hydrogen) atoms. The number of carbonyl (C=O) groups excluding carboxylic acids is 2. The summed E-state index contributed by atoms with van der Waals surface area (Å²) >= 11 is 0. The van der Waals surface area contributed by atoms with Crippen molar-refractivity contribution in [2.45, 2.75) is 37.4 Å². The largest absolute Gasteiger partial charge is 0.573 e. The number of ether oxygens (including phenoxy) is 2. The molecule has 0 spiro atoms. The van der Waals surface area contributed by atoms with E-state index in [1.54, 1.807) is 0 Å². The number of carbonyl (C=O) groups is 2. The Morgan fingerprint density at radius 3 is 2.46 bits per heavy atom. The van der Waals surface area contributed by atoms with Crippen molar-refractivity contribution in [3.05, 3.63) is 60.0 Å². The van der Waals surface area contributed by atoms with Gasteiger partial charge >= 0.3 is 6.36 Å². The number of hydrogen-bond acceptors (Lipinski definition) is 8. The summed E-state index contributed by atoms with van der Waals surface area (Å²) in [6, 6.07) is 6.19. The van der Waals surface area contributed by atoms with Crippen LogP contribution >= 0.6 is 0 Å². The number of benzene rings is 1. The third-order valence-corrected chi connectivity index (χ3v) is 6.79. The Bertz CT molecular complexity index is 1530. The third-order valence-electron chi connectivity index (χ3n) is 6.06. The van der Waals surface area contributed by atoms with Gasteiger partial charge in [-0.3, -0.25) is 14.3 Å². The van der Waals surface area contributed by atoms with E-state index in [9.17, 15) is 31.2 Å². The van der Waals surface area contributed by atoms with Gasteiger partial charge in [0, 0.05) is 42.7 Å². The molecular formula is C25H25F4N5O6S. The molecule has 0 saturated carbocycles. The summed E-state index contributed by atoms with van der Waals surface area (Å²) in [6.07, 6.45) is -2.32. The molecule has 16 heteroatoms. The average Bonchev–Trinajstić information content (AvgIpc) is 3.32. The Labute approximate surface area is 231 Å². The zero-order valence-electron chi connectivity index (χ0n) is 21.5. The molecule has 4 rings (SSSR count). The van der Waals surface area contributed by atoms with E-state index >= 15 is 4.39 Å². The van der Waals surface area contributed by atoms with Crippen molar-refractivity contribution < 1.29 is 45.0 Å². The zero-order valence-corrected chi connectivity index (χ0v) is 22.4. The van der Waals surface area contributed by atoms with Gasteiger partial charge in [0.05, 0.1) is 19.2 Å². The first kappa shape index (κ1) is 29.8. The van der Waals surface area contributed by atoms with Crippen molar-refractivity contribution in [3.8, 4) is 22.8 Å². The highest BCUT2D eigenvalue weighted by molar-refractivity contribution is 7.89. The second-order valence-corrected chi connectivity index (χ2v) is 11.5. The molecule has 1 aromatic carbocycles. The molecule has 0 bridgehead atoms. The number of nitrogens with two attached hydrogens (primary N) is 1. The molecule has 2 atom stereocenters. The minimum Gasteiger partial charge on any atom is -0.471 e. The van der Waals surface area contributed by atoms with Crippen LogP contribution in [-0.2, 0) is 26.9 Å². The molecule has 2 amide bonds. The van der Waals surface area contributed by atoms with E-state index < -0.39 is 46.0 Å². The number of hydrogen-bond donors (Lipinski definition) is 1. The van der Waals surface area contributed by atoms with E-state index in [-0.39, 0.29) is 43.3 Å². The quantitative estimate of drug-likeness (QED) is 0.369. The number of pyridine rings is 1. The number of halogens is 4. The second-order valence-electron chi connectivity index (χ2n) is 9.43. The van der Waals surface area contributed by atoms with E-state index in [1.165, 1.54) is 46.4 Å². The molecule has 1 aliphatic heterocycles. The summed E-state index contributed by atoms with van der Waals surface area (Å²) in [5.74, 6) is -2.26. The van der Waals surface area contributed by atoms with Crippen LogP contribution in [0.2, 0.25) is 0 Å². The smallest absolute Gasteiger partial charge is 0.471 e. The van der Waals surface area contributed by atoms with Crippen molar-refractivity contribution in [1.82, 2.24) is 19.7 Å². The highest BCUT2D eigenvalue weighted by Crippen LogP contribution is 2.28. The van der Waals surface area contributed by atoms with Crippen LogP contribution in [0.4, 0.5) is 17.6 Å². The van der Waals surface area contributed by atoms with Crippen LogP contribution in [0.15, 0.2) is 48.9 Å². The van der Waals surface area contributed by atoms with Gasteiger partial charge in [-0.2, -0.15) is 5.10 Å². The maximum Gasteiger partial charge on any atom is 0.573 e. The molecule has 2 aromatic heterocycles. The molecule has 3 heterocycles. The van der Waals surface area contributed by atoms with Crippen molar-refractivity contribution in [2.24, 2.45) is 5.73 Å². The third kappa shape index (κ3) is 8.15. The van der Waals surface area contributed by atoms with Gasteiger partial charge in [0.25, 0.3) is 5.91 Å². The fraction of sp³-hybridized carbons (Fsp3) is 0.360. The molecule has 1 aliphatic rings. The average molecular weight is 600 g/mol. The summed E-state index contributed by atoms with van der Waals surface area (Å²) in [5.41, 5.74) is 6.67. The molecule has 0 unspecified atom stereocenters. The first-order valence-corrected chi connectivity index (χ1v) is 14.2. The van der Waals surface area contributed by atoms with Gasteiger partial charge in [-0.1, -0.05) is 12.1 Å². The lowest BCUT2D eigenvalue weighted by Gasteiger charge is -2.34. The standard InChI is InChI=1S/C25H25F4N5O6S/c1-41(37,38)14-34-12-17(11-32-34)16-9-19(23(30)36)24(31-10-16)39-21-6-7-33(13-20(21)26)22(35)8-15-2-4-18(5-3-15)40-25(27,28)29/h2-5,9-12,20-21H,6-8,13-14H2,1H3,(H2,30,36)/t20-,21-/m0/s1. The maximum atomic E-state index is 15.1. The van der Waals surface area contributed by atoms with E-state index in [0.29, 0.717) is 16.7 Å². The van der Waals surface area contributed by atoms with Gasteiger partial charge in [0.15, 0.2) is 16.0 Å². The van der Waals surface area contributed by atoms with E-state index in [2.05, 4.69) is 14.8 Å². The summed E-state index contributed by atoms with van der Waals surface area (Å²) in [4.78, 5) is 30.2. The highest BCUT2D eigenvalue weighted by Gasteiger charge is 2.34. The van der Waals surface area contributed by atoms with E-state index in [1.807, 2.05) is 0 Å². The number of sulfone groups is 1. The zero-order chi connectivity index (χ0) is 29.9. The number of likely N-dealkylation sites (tertiary alicyclic amines) is 1. The topological polar surface area (TPSA) is 147 Å². The second kappa shape index (κ2) is 11.7. The number of primary amides is 1. The molecule has 0 aliphatic carbocycles. The highest BCUT2D eigenvalue weighted by atomic mass is 32.2. The molecule has 2 N–H and O–H groups in total. The van der Waals surface area contributed by atoms with Gasteiger partial charge in [0.2, 0.25) is 11.8 Å². The Morgan fingerprint density at radius 1 is 1.15 bits per heavy atom. The number of nitrogens with zero attached hydrogens (tertiary/aromatic N) is 4. The molecule has 0 radical (unpaired) electrons. The van der Waals surface area contributed by atoms with Gasteiger partial charge < -0.3 is 20.1 Å². The fourth-order valence-corrected chi connectivity index (χ4v) is 4.81. The van der Waals surface area contributed by atoms with Gasteiger partial charge in [-0.05, 0) is 23.8 Å². The van der Waals surface area contributed by atoms with Crippen LogP contribution in [0, 0.1) is 0 Å². The molecule has 1 saturated heterocycles. The molecular weight excluding hydrogens is 574 g/mol. The van der Waals surface area contributed by atoms with Crippen LogP contribution in [0.3, 0.4) is 0 Å². The number of alkyl halides is 4. The lowest BCUT2D eigenvalue weighted by molar-refractivity contribution is -0.274. The molecule has 11 nitrogen and oxygen atoms in total. The minimum atomic E-state index is -4.83. The SMILES string of the molecule is CS(=O)(=O)Cn1cc(-c2cnc(O[C@H]3CCN(C(=O)Cc4ccc(OC(F)(F)F)cc4)C[C@@H]3F)c(C(N)=O)c2)cn1. The predicted molar refractivity (Wildman–Crippen MR) is 136 cm³/mol. The van der Waals surface area contributed by atoms with Gasteiger partial charge in [-0.25, -0.2) is 17.8 Å². The van der Waals surface area contributed by atoms with Crippen LogP contribution in [-0.4, -0.2) is 77.9 Å². The number of piperidine rings is 1. The lowest BCUT2D eigenvalue weighted by Crippen LogP contribution is -2.49. The van der Waals surface area contributed by atoms with Crippen molar-refractivity contribution >= 4 is 21.7 Å². The van der Waals surface area contributed by atoms with Gasteiger partial charge in [-0.15, -0.1) is 13.2 Å². The summed E-state index contributed by atoms with van der Waals surface area (Å²) in [6.45, 7) is -0.176. The fourth-order valence-electron chi connectivity index (χ4n) is 4.19. The van der Waals surface area contributed by atoms with E-state index in [4.69, 9.17) is 10.5 Å². The Kier molecular flexibility index (Phi) is 8.51. The van der Waals surface area contributed by atoms with Crippen LogP contribution in [0.5, 0.6) is 11.6 Å². The molecule has 3 aromatic rings. The normalized spacial score (nSPS) is 17.7. The first-order chi connectivity index (χ1) is 19.2. The van der Waals surface area contributed by atoms with Crippen molar-refractivity contribution in [1.29, 1.82) is 0 Å². The Balaban J connectivity index is 1.38. The van der Waals surface area contributed by atoms with Crippen molar-refractivity contribution in [3.63, 3.8) is 0 Å².